The van der Waals surface area contributed by atoms with Crippen LogP contribution in [0.2, 0.25) is 0 Å². The maximum absolute atomic E-state index is 12.8. The van der Waals surface area contributed by atoms with Gasteiger partial charge in [-0.3, -0.25) is 4.79 Å². The molecule has 0 fully saturated rings. The Kier molecular flexibility index (Phi) is 5.36. The Balaban J connectivity index is 1.78. The molecule has 1 N–H and O–H groups in total. The van der Waals surface area contributed by atoms with Crippen LogP contribution in [0.5, 0.6) is 5.75 Å². The predicted molar refractivity (Wildman–Crippen MR) is 104 cm³/mol. The van der Waals surface area contributed by atoms with Gasteiger partial charge in [0, 0.05) is 12.7 Å². The van der Waals surface area contributed by atoms with Crippen LogP contribution in [-0.4, -0.2) is 43.5 Å². The van der Waals surface area contributed by atoms with E-state index in [9.17, 15) is 13.2 Å². The Morgan fingerprint density at radius 1 is 1.30 bits per heavy atom. The number of nitrogens with one attached hydrogen (secondary N) is 1. The smallest absolute Gasteiger partial charge is 0.256 e. The number of amidine groups is 1. The summed E-state index contributed by atoms with van der Waals surface area (Å²) in [4.78, 5) is 14.4. The topological polar surface area (TPSA) is 88.1 Å². The second kappa shape index (κ2) is 7.56. The van der Waals surface area contributed by atoms with Gasteiger partial charge < -0.3 is 15.0 Å². The molecule has 3 rings (SSSR count). The highest BCUT2D eigenvalue weighted by molar-refractivity contribution is 7.90. The lowest BCUT2D eigenvalue weighted by atomic mass is 10.1. The second-order valence-electron chi connectivity index (χ2n) is 6.75. The van der Waals surface area contributed by atoms with Crippen LogP contribution in [0.1, 0.15) is 32.4 Å². The molecule has 0 aromatic heterocycles. The van der Waals surface area contributed by atoms with Crippen LogP contribution >= 0.6 is 0 Å². The number of hydrogen-bond acceptors (Lipinski definition) is 5. The average Bonchev–Trinajstić information content (AvgIpc) is 2.60. The number of amides is 1. The van der Waals surface area contributed by atoms with E-state index in [2.05, 4.69) is 9.71 Å². The molecule has 144 valence electrons. The molecule has 1 aromatic rings. The summed E-state index contributed by atoms with van der Waals surface area (Å²) >= 11 is 0. The molecule has 0 spiro atoms. The Labute approximate surface area is 159 Å². The molecule has 2 heterocycles. The monoisotopic (exact) mass is 389 g/mol. The third-order valence-electron chi connectivity index (χ3n) is 4.18. The molecule has 7 nitrogen and oxygen atoms in total. The van der Waals surface area contributed by atoms with Crippen molar-refractivity contribution in [2.45, 2.75) is 32.9 Å². The van der Waals surface area contributed by atoms with Crippen molar-refractivity contribution >= 4 is 21.8 Å². The molecule has 1 aromatic carbocycles. The van der Waals surface area contributed by atoms with Gasteiger partial charge in [-0.25, -0.2) is 8.42 Å². The lowest BCUT2D eigenvalue weighted by Gasteiger charge is -2.29. The second-order valence-corrected chi connectivity index (χ2v) is 8.51. The summed E-state index contributed by atoms with van der Waals surface area (Å²) in [6.07, 6.45) is 5.08. The van der Waals surface area contributed by atoms with Gasteiger partial charge in [0.2, 0.25) is 0 Å². The number of rotatable bonds is 5. The van der Waals surface area contributed by atoms with Crippen molar-refractivity contribution in [3.63, 3.8) is 0 Å². The lowest BCUT2D eigenvalue weighted by Crippen LogP contribution is -2.42. The van der Waals surface area contributed by atoms with Crippen LogP contribution in [0, 0.1) is 0 Å². The largest absolute Gasteiger partial charge is 0.491 e. The minimum Gasteiger partial charge on any atom is -0.491 e. The van der Waals surface area contributed by atoms with E-state index in [-0.39, 0.29) is 41.8 Å². The Hall–Kier alpha value is -2.61. The van der Waals surface area contributed by atoms with Gasteiger partial charge in [0.1, 0.15) is 5.75 Å². The van der Waals surface area contributed by atoms with Gasteiger partial charge in [-0.05, 0) is 50.6 Å². The van der Waals surface area contributed by atoms with Gasteiger partial charge in [0.25, 0.3) is 15.9 Å². The first-order chi connectivity index (χ1) is 12.7. The predicted octanol–water partition coefficient (Wildman–Crippen LogP) is 2.15. The van der Waals surface area contributed by atoms with Gasteiger partial charge in [0.15, 0.2) is 5.84 Å². The highest BCUT2D eigenvalue weighted by Gasteiger charge is 2.30. The van der Waals surface area contributed by atoms with E-state index in [4.69, 9.17) is 4.74 Å². The number of sulfonamides is 1. The molecule has 27 heavy (non-hydrogen) atoms. The molecular formula is C19H23N3O4S. The minimum atomic E-state index is -3.54. The van der Waals surface area contributed by atoms with Crippen LogP contribution in [0.25, 0.3) is 0 Å². The van der Waals surface area contributed by atoms with E-state index in [0.717, 1.165) is 11.3 Å². The minimum absolute atomic E-state index is 0.0570. The normalized spacial score (nSPS) is 19.0. The molecule has 0 radical (unpaired) electrons. The average molecular weight is 389 g/mol. The highest BCUT2D eigenvalue weighted by atomic mass is 32.2. The molecule has 0 saturated carbocycles. The van der Waals surface area contributed by atoms with E-state index in [1.54, 1.807) is 23.3 Å². The SMILES string of the molecule is CC(C)Oc1cccc(C(C)NC(=O)C2=CC=CN3CCS(=O)(=O)N=C23)c1. The Bertz CT molecular complexity index is 932. The van der Waals surface area contributed by atoms with E-state index in [0.29, 0.717) is 0 Å². The zero-order valence-electron chi connectivity index (χ0n) is 15.5. The fraction of sp³-hybridized carbons (Fsp3) is 0.368. The van der Waals surface area contributed by atoms with Gasteiger partial charge in [-0.1, -0.05) is 12.1 Å². The van der Waals surface area contributed by atoms with Gasteiger partial charge in [-0.15, -0.1) is 4.40 Å². The number of ether oxygens (including phenoxy) is 1. The fourth-order valence-electron chi connectivity index (χ4n) is 2.88. The van der Waals surface area contributed by atoms with Crippen molar-refractivity contribution in [1.29, 1.82) is 0 Å². The summed E-state index contributed by atoms with van der Waals surface area (Å²) in [5.74, 6) is 0.472. The summed E-state index contributed by atoms with van der Waals surface area (Å²) in [6.45, 7) is 6.05. The van der Waals surface area contributed by atoms with Gasteiger partial charge in [0.05, 0.1) is 23.5 Å². The van der Waals surface area contributed by atoms with Crippen molar-refractivity contribution in [2.24, 2.45) is 4.40 Å². The zero-order valence-corrected chi connectivity index (χ0v) is 16.4. The molecule has 0 aliphatic carbocycles. The molecule has 0 bridgehead atoms. The van der Waals surface area contributed by atoms with Crippen molar-refractivity contribution in [3.05, 3.63) is 53.8 Å². The number of allylic oxidation sites excluding steroid dienone is 2. The summed E-state index contributed by atoms with van der Waals surface area (Å²) in [7, 11) is -3.54. The molecule has 2 aliphatic rings. The molecule has 1 unspecified atom stereocenters. The lowest BCUT2D eigenvalue weighted by molar-refractivity contribution is -0.117. The summed E-state index contributed by atoms with van der Waals surface area (Å²) in [5, 5.41) is 2.91. The molecular weight excluding hydrogens is 366 g/mol. The number of nitrogens with zero attached hydrogens (tertiary/aromatic N) is 2. The third-order valence-corrected chi connectivity index (χ3v) is 5.33. The fourth-order valence-corrected chi connectivity index (χ4v) is 3.87. The highest BCUT2D eigenvalue weighted by Crippen LogP contribution is 2.22. The number of hydrogen-bond donors (Lipinski definition) is 1. The molecule has 8 heteroatoms. The number of benzene rings is 1. The van der Waals surface area contributed by atoms with Crippen molar-refractivity contribution in [2.75, 3.05) is 12.3 Å². The third kappa shape index (κ3) is 4.57. The molecule has 0 saturated heterocycles. The first kappa shape index (κ1) is 19.2. The van der Waals surface area contributed by atoms with E-state index in [1.807, 2.05) is 45.0 Å². The zero-order chi connectivity index (χ0) is 19.6. The number of carbonyl (C=O) groups excluding carboxylic acids is 1. The van der Waals surface area contributed by atoms with Crippen molar-refractivity contribution in [3.8, 4) is 5.75 Å². The molecule has 1 atom stereocenters. The van der Waals surface area contributed by atoms with Crippen LogP contribution in [0.15, 0.2) is 52.6 Å². The first-order valence-corrected chi connectivity index (χ1v) is 10.4. The van der Waals surface area contributed by atoms with Crippen molar-refractivity contribution in [1.82, 2.24) is 10.2 Å². The van der Waals surface area contributed by atoms with Crippen LogP contribution < -0.4 is 10.1 Å². The maximum Gasteiger partial charge on any atom is 0.256 e. The van der Waals surface area contributed by atoms with Crippen LogP contribution in [0.3, 0.4) is 0 Å². The maximum atomic E-state index is 12.8. The summed E-state index contributed by atoms with van der Waals surface area (Å²) in [5.41, 5.74) is 1.13. The van der Waals surface area contributed by atoms with E-state index < -0.39 is 10.0 Å². The summed E-state index contributed by atoms with van der Waals surface area (Å²) in [6, 6.07) is 7.25. The Morgan fingerprint density at radius 2 is 2.07 bits per heavy atom. The van der Waals surface area contributed by atoms with E-state index >= 15 is 0 Å². The first-order valence-electron chi connectivity index (χ1n) is 8.81. The molecule has 2 aliphatic heterocycles. The molecule has 1 amide bonds. The van der Waals surface area contributed by atoms with Crippen LogP contribution in [-0.2, 0) is 14.8 Å². The number of carbonyl (C=O) groups is 1. The van der Waals surface area contributed by atoms with E-state index in [1.165, 1.54) is 0 Å². The van der Waals surface area contributed by atoms with Crippen LogP contribution in [0.4, 0.5) is 0 Å². The van der Waals surface area contributed by atoms with Gasteiger partial charge in [-0.2, -0.15) is 0 Å². The summed E-state index contributed by atoms with van der Waals surface area (Å²) < 4.78 is 33.1. The Morgan fingerprint density at radius 3 is 2.81 bits per heavy atom. The number of fused-ring (bicyclic) bond motifs is 1. The quantitative estimate of drug-likeness (QED) is 0.834. The van der Waals surface area contributed by atoms with Gasteiger partial charge >= 0.3 is 0 Å². The standard InChI is InChI=1S/C19H23N3O4S/c1-13(2)26-16-7-4-6-15(12-16)14(3)20-19(23)17-8-5-9-22-10-11-27(24,25)21-18(17)22/h4-9,12-14H,10-11H2,1-3H3,(H,20,23). The van der Waals surface area contributed by atoms with Crippen molar-refractivity contribution < 1.29 is 17.9 Å².